The van der Waals surface area contributed by atoms with Crippen LogP contribution in [-0.4, -0.2) is 23.6 Å². The van der Waals surface area contributed by atoms with Gasteiger partial charge in [0.05, 0.1) is 11.4 Å². The van der Waals surface area contributed by atoms with Gasteiger partial charge in [-0.1, -0.05) is 34.1 Å². The van der Waals surface area contributed by atoms with E-state index < -0.39 is 23.7 Å². The average molecular weight is 405 g/mol. The molecule has 3 N–H and O–H groups in total. The maximum Gasteiger partial charge on any atom is 0.272 e. The normalized spacial score (nSPS) is 16.5. The maximum atomic E-state index is 13.9. The van der Waals surface area contributed by atoms with E-state index in [0.717, 1.165) is 0 Å². The molecule has 0 saturated heterocycles. The van der Waals surface area contributed by atoms with Crippen molar-refractivity contribution < 1.29 is 14.0 Å². The molecule has 128 valence electrons. The van der Waals surface area contributed by atoms with Gasteiger partial charge in [-0.3, -0.25) is 14.6 Å². The SMILES string of the molecule is NC(=O)[C@H]1CC(C(=O)Nc2ccc(Br)cc2F)=NN1c1ccccc1. The Morgan fingerprint density at radius 1 is 1.24 bits per heavy atom. The first-order valence-electron chi connectivity index (χ1n) is 7.43. The lowest BCUT2D eigenvalue weighted by Gasteiger charge is -2.20. The van der Waals surface area contributed by atoms with Crippen LogP contribution in [0, 0.1) is 5.82 Å². The third-order valence-corrected chi connectivity index (χ3v) is 4.19. The molecule has 0 aromatic heterocycles. The molecule has 0 fully saturated rings. The number of carbonyl (C=O) groups is 2. The molecular weight excluding hydrogens is 391 g/mol. The van der Waals surface area contributed by atoms with Crippen LogP contribution in [0.5, 0.6) is 0 Å². The lowest BCUT2D eigenvalue weighted by Crippen LogP contribution is -2.39. The summed E-state index contributed by atoms with van der Waals surface area (Å²) in [6.45, 7) is 0. The number of carbonyl (C=O) groups excluding carboxylic acids is 2. The quantitative estimate of drug-likeness (QED) is 0.820. The van der Waals surface area contributed by atoms with Crippen molar-refractivity contribution in [3.05, 3.63) is 58.8 Å². The van der Waals surface area contributed by atoms with Gasteiger partial charge in [0.1, 0.15) is 17.6 Å². The predicted molar refractivity (Wildman–Crippen MR) is 96.7 cm³/mol. The van der Waals surface area contributed by atoms with Gasteiger partial charge in [-0.15, -0.1) is 0 Å². The van der Waals surface area contributed by atoms with Crippen molar-refractivity contribution >= 4 is 44.8 Å². The number of rotatable bonds is 4. The van der Waals surface area contributed by atoms with Gasteiger partial charge in [-0.05, 0) is 30.3 Å². The van der Waals surface area contributed by atoms with Gasteiger partial charge in [0, 0.05) is 10.9 Å². The largest absolute Gasteiger partial charge is 0.368 e. The van der Waals surface area contributed by atoms with Crippen LogP contribution in [0.2, 0.25) is 0 Å². The standard InChI is InChI=1S/C17H14BrFN4O2/c18-10-6-7-13(12(19)8-10)21-17(25)14-9-15(16(20)24)23(22-14)11-4-2-1-3-5-11/h1-8,15H,9H2,(H2,20,24)(H,21,25)/t15-/m1/s1. The van der Waals surface area contributed by atoms with Gasteiger partial charge < -0.3 is 11.1 Å². The molecule has 8 heteroatoms. The average Bonchev–Trinajstić information content (AvgIpc) is 3.04. The Labute approximate surface area is 151 Å². The lowest BCUT2D eigenvalue weighted by molar-refractivity contribution is -0.119. The van der Waals surface area contributed by atoms with E-state index in [1.54, 1.807) is 30.3 Å². The summed E-state index contributed by atoms with van der Waals surface area (Å²) in [5, 5.41) is 8.09. The zero-order valence-corrected chi connectivity index (χ0v) is 14.5. The second-order valence-corrected chi connectivity index (χ2v) is 6.34. The first kappa shape index (κ1) is 17.1. The Balaban J connectivity index is 1.84. The van der Waals surface area contributed by atoms with Crippen LogP contribution in [0.1, 0.15) is 6.42 Å². The highest BCUT2D eigenvalue weighted by molar-refractivity contribution is 9.10. The van der Waals surface area contributed by atoms with Crippen molar-refractivity contribution in [2.75, 3.05) is 10.3 Å². The first-order valence-corrected chi connectivity index (χ1v) is 8.22. The lowest BCUT2D eigenvalue weighted by atomic mass is 10.1. The van der Waals surface area contributed by atoms with Gasteiger partial charge in [-0.2, -0.15) is 5.10 Å². The van der Waals surface area contributed by atoms with E-state index in [0.29, 0.717) is 10.2 Å². The van der Waals surface area contributed by atoms with E-state index in [1.807, 2.05) is 6.07 Å². The highest BCUT2D eigenvalue weighted by Crippen LogP contribution is 2.25. The second kappa shape index (κ2) is 7.02. The first-order chi connectivity index (χ1) is 12.0. The molecule has 2 aromatic carbocycles. The fourth-order valence-electron chi connectivity index (χ4n) is 2.47. The van der Waals surface area contributed by atoms with Gasteiger partial charge in [0.25, 0.3) is 5.91 Å². The minimum Gasteiger partial charge on any atom is -0.368 e. The number of hydrogen-bond acceptors (Lipinski definition) is 4. The number of para-hydroxylation sites is 1. The molecular formula is C17H14BrFN4O2. The Kier molecular flexibility index (Phi) is 4.80. The van der Waals surface area contributed by atoms with Crippen LogP contribution in [0.15, 0.2) is 58.1 Å². The highest BCUT2D eigenvalue weighted by Gasteiger charge is 2.35. The van der Waals surface area contributed by atoms with Crippen LogP contribution in [0.25, 0.3) is 0 Å². The molecule has 0 unspecified atom stereocenters. The number of benzene rings is 2. The van der Waals surface area contributed by atoms with Gasteiger partial charge in [0.15, 0.2) is 0 Å². The van der Waals surface area contributed by atoms with Crippen LogP contribution in [-0.2, 0) is 9.59 Å². The van der Waals surface area contributed by atoms with Crippen molar-refractivity contribution in [1.29, 1.82) is 0 Å². The highest BCUT2D eigenvalue weighted by atomic mass is 79.9. The zero-order chi connectivity index (χ0) is 18.0. The topological polar surface area (TPSA) is 87.8 Å². The molecule has 0 radical (unpaired) electrons. The van der Waals surface area contributed by atoms with E-state index in [2.05, 4.69) is 26.3 Å². The van der Waals surface area contributed by atoms with Gasteiger partial charge in [-0.25, -0.2) is 4.39 Å². The smallest absolute Gasteiger partial charge is 0.272 e. The number of amides is 2. The predicted octanol–water partition coefficient (Wildman–Crippen LogP) is 2.65. The minimum absolute atomic E-state index is 0.0321. The van der Waals surface area contributed by atoms with Crippen LogP contribution < -0.4 is 16.1 Å². The van der Waals surface area contributed by atoms with Crippen molar-refractivity contribution in [2.45, 2.75) is 12.5 Å². The van der Waals surface area contributed by atoms with Crippen LogP contribution in [0.3, 0.4) is 0 Å². The molecule has 0 spiro atoms. The minimum atomic E-state index is -0.766. The van der Waals surface area contributed by atoms with Crippen molar-refractivity contribution in [2.24, 2.45) is 10.8 Å². The summed E-state index contributed by atoms with van der Waals surface area (Å²) in [6.07, 6.45) is 0.0498. The molecule has 1 heterocycles. The number of primary amides is 1. The summed E-state index contributed by atoms with van der Waals surface area (Å²) in [6, 6.07) is 12.4. The van der Waals surface area contributed by atoms with E-state index in [4.69, 9.17) is 5.73 Å². The number of anilines is 2. The molecule has 2 amide bonds. The molecule has 25 heavy (non-hydrogen) atoms. The molecule has 0 bridgehead atoms. The van der Waals surface area contributed by atoms with Crippen LogP contribution in [0.4, 0.5) is 15.8 Å². The molecule has 0 aliphatic carbocycles. The summed E-state index contributed by atoms with van der Waals surface area (Å²) in [4.78, 5) is 24.1. The summed E-state index contributed by atoms with van der Waals surface area (Å²) in [5.41, 5.74) is 6.21. The number of hydrogen-bond donors (Lipinski definition) is 2. The second-order valence-electron chi connectivity index (χ2n) is 5.43. The fourth-order valence-corrected chi connectivity index (χ4v) is 2.81. The summed E-state index contributed by atoms with van der Waals surface area (Å²) in [5.74, 6) is -1.75. The van der Waals surface area contributed by atoms with E-state index >= 15 is 0 Å². The molecule has 3 rings (SSSR count). The summed E-state index contributed by atoms with van der Waals surface area (Å²) >= 11 is 3.15. The summed E-state index contributed by atoms with van der Waals surface area (Å²) in [7, 11) is 0. The Hall–Kier alpha value is -2.74. The monoisotopic (exact) mass is 404 g/mol. The van der Waals surface area contributed by atoms with Crippen molar-refractivity contribution in [3.8, 4) is 0 Å². The third-order valence-electron chi connectivity index (χ3n) is 3.70. The molecule has 1 atom stereocenters. The van der Waals surface area contributed by atoms with E-state index in [-0.39, 0.29) is 17.8 Å². The number of nitrogens with two attached hydrogens (primary N) is 1. The van der Waals surface area contributed by atoms with E-state index in [1.165, 1.54) is 17.1 Å². The molecule has 1 aliphatic rings. The molecule has 0 saturated carbocycles. The van der Waals surface area contributed by atoms with E-state index in [9.17, 15) is 14.0 Å². The third kappa shape index (κ3) is 3.69. The molecule has 2 aromatic rings. The fraction of sp³-hybridized carbons (Fsp3) is 0.118. The Morgan fingerprint density at radius 3 is 2.60 bits per heavy atom. The number of halogens is 2. The van der Waals surface area contributed by atoms with Crippen LogP contribution >= 0.6 is 15.9 Å². The summed E-state index contributed by atoms with van der Waals surface area (Å²) < 4.78 is 14.4. The number of hydrazone groups is 1. The molecule has 1 aliphatic heterocycles. The molecule has 6 nitrogen and oxygen atoms in total. The van der Waals surface area contributed by atoms with Gasteiger partial charge >= 0.3 is 0 Å². The number of nitrogens with one attached hydrogen (secondary N) is 1. The van der Waals surface area contributed by atoms with Gasteiger partial charge in [0.2, 0.25) is 5.91 Å². The van der Waals surface area contributed by atoms with Crippen molar-refractivity contribution in [3.63, 3.8) is 0 Å². The maximum absolute atomic E-state index is 13.9. The van der Waals surface area contributed by atoms with Crippen molar-refractivity contribution in [1.82, 2.24) is 0 Å². The Bertz CT molecular complexity index is 857. The Morgan fingerprint density at radius 2 is 1.96 bits per heavy atom. The number of nitrogens with zero attached hydrogens (tertiary/aromatic N) is 2. The zero-order valence-electron chi connectivity index (χ0n) is 12.9.